The molecule has 0 radical (unpaired) electrons. The lowest BCUT2D eigenvalue weighted by Crippen LogP contribution is -2.56. The second kappa shape index (κ2) is 5.94. The number of methoxy groups -OCH3 is 1. The van der Waals surface area contributed by atoms with Gasteiger partial charge in [-0.05, 0) is 38.8 Å². The van der Waals surface area contributed by atoms with E-state index in [1.807, 2.05) is 11.7 Å². The third kappa shape index (κ3) is 2.35. The normalized spacial score (nSPS) is 23.6. The molecule has 2 heterocycles. The maximum atomic E-state index is 6.02. The van der Waals surface area contributed by atoms with Crippen molar-refractivity contribution in [2.24, 2.45) is 12.9 Å². The Labute approximate surface area is 126 Å². The summed E-state index contributed by atoms with van der Waals surface area (Å²) >= 11 is 0. The van der Waals surface area contributed by atoms with Crippen LogP contribution >= 0.6 is 0 Å². The summed E-state index contributed by atoms with van der Waals surface area (Å²) in [5.74, 6) is 6.84. The van der Waals surface area contributed by atoms with Gasteiger partial charge in [0, 0.05) is 12.6 Å². The van der Waals surface area contributed by atoms with E-state index in [0.29, 0.717) is 0 Å². The molecule has 3 N–H and O–H groups in total. The van der Waals surface area contributed by atoms with Crippen molar-refractivity contribution in [2.45, 2.75) is 50.1 Å². The molecular formula is C15H27N5O. The predicted molar refractivity (Wildman–Crippen MR) is 81.8 cm³/mol. The fourth-order valence-electron chi connectivity index (χ4n) is 4.34. The van der Waals surface area contributed by atoms with Crippen LogP contribution in [-0.2, 0) is 7.05 Å². The fourth-order valence-corrected chi connectivity index (χ4v) is 4.34. The summed E-state index contributed by atoms with van der Waals surface area (Å²) < 4.78 is 7.42. The van der Waals surface area contributed by atoms with Gasteiger partial charge in [0.15, 0.2) is 5.75 Å². The first kappa shape index (κ1) is 14.8. The van der Waals surface area contributed by atoms with E-state index in [0.717, 1.165) is 11.4 Å². The lowest BCUT2D eigenvalue weighted by molar-refractivity contribution is 0.0720. The van der Waals surface area contributed by atoms with Gasteiger partial charge in [-0.15, -0.1) is 0 Å². The SMILES string of the molecule is COc1cnn(C)c1C(NN)C1(N2CCCC2)CCCC1. The van der Waals surface area contributed by atoms with Crippen molar-refractivity contribution >= 4 is 0 Å². The molecule has 21 heavy (non-hydrogen) atoms. The van der Waals surface area contributed by atoms with E-state index < -0.39 is 0 Å². The Hall–Kier alpha value is -1.11. The van der Waals surface area contributed by atoms with Crippen molar-refractivity contribution in [1.29, 1.82) is 0 Å². The van der Waals surface area contributed by atoms with Crippen LogP contribution in [0.4, 0.5) is 0 Å². The van der Waals surface area contributed by atoms with Gasteiger partial charge in [0.1, 0.15) is 5.69 Å². The third-order valence-electron chi connectivity index (χ3n) is 5.35. The zero-order valence-electron chi connectivity index (χ0n) is 13.1. The number of rotatable bonds is 5. The lowest BCUT2D eigenvalue weighted by Gasteiger charge is -2.44. The Bertz CT molecular complexity index is 474. The number of nitrogens with zero attached hydrogens (tertiary/aromatic N) is 3. The molecule has 118 valence electrons. The van der Waals surface area contributed by atoms with Crippen molar-refractivity contribution in [3.63, 3.8) is 0 Å². The molecule has 6 heteroatoms. The first-order valence-corrected chi connectivity index (χ1v) is 8.00. The second-order valence-electron chi connectivity index (χ2n) is 6.33. The Balaban J connectivity index is 2.01. The molecule has 1 saturated heterocycles. The average Bonchev–Trinajstić information content (AvgIpc) is 3.21. The molecule has 1 aliphatic carbocycles. The largest absolute Gasteiger partial charge is 0.493 e. The highest BCUT2D eigenvalue weighted by Crippen LogP contribution is 2.47. The topological polar surface area (TPSA) is 68.3 Å². The van der Waals surface area contributed by atoms with E-state index in [1.165, 1.54) is 51.6 Å². The van der Waals surface area contributed by atoms with Crippen LogP contribution in [0.25, 0.3) is 0 Å². The molecule has 0 spiro atoms. The third-order valence-corrected chi connectivity index (χ3v) is 5.35. The fraction of sp³-hybridized carbons (Fsp3) is 0.800. The Morgan fingerprint density at radius 3 is 2.52 bits per heavy atom. The van der Waals surface area contributed by atoms with E-state index >= 15 is 0 Å². The zero-order valence-corrected chi connectivity index (χ0v) is 13.1. The quantitative estimate of drug-likeness (QED) is 0.633. The minimum absolute atomic E-state index is 0.0561. The summed E-state index contributed by atoms with van der Waals surface area (Å²) in [6.07, 6.45) is 9.30. The maximum Gasteiger partial charge on any atom is 0.161 e. The molecule has 1 aliphatic heterocycles. The number of aromatic nitrogens is 2. The number of nitrogens with one attached hydrogen (secondary N) is 1. The highest BCUT2D eigenvalue weighted by atomic mass is 16.5. The standard InChI is InChI=1S/C15H27N5O/c1-19-13(12(21-2)11-17-19)14(18-16)15(7-3-4-8-15)20-9-5-6-10-20/h11,14,18H,3-10,16H2,1-2H3. The van der Waals surface area contributed by atoms with Crippen LogP contribution in [0.5, 0.6) is 5.75 Å². The Kier molecular flexibility index (Phi) is 4.19. The summed E-state index contributed by atoms with van der Waals surface area (Å²) in [5, 5.41) is 4.36. The molecule has 0 amide bonds. The summed E-state index contributed by atoms with van der Waals surface area (Å²) in [4.78, 5) is 2.65. The molecule has 1 atom stereocenters. The summed E-state index contributed by atoms with van der Waals surface area (Å²) in [7, 11) is 3.67. The molecule has 6 nitrogen and oxygen atoms in total. The van der Waals surface area contributed by atoms with Crippen LogP contribution in [0.2, 0.25) is 0 Å². The van der Waals surface area contributed by atoms with Crippen molar-refractivity contribution in [3.05, 3.63) is 11.9 Å². The maximum absolute atomic E-state index is 6.02. The highest BCUT2D eigenvalue weighted by Gasteiger charge is 2.48. The molecule has 1 unspecified atom stereocenters. The minimum atomic E-state index is 0.0561. The van der Waals surface area contributed by atoms with Crippen molar-refractivity contribution in [3.8, 4) is 5.75 Å². The van der Waals surface area contributed by atoms with E-state index in [-0.39, 0.29) is 11.6 Å². The second-order valence-corrected chi connectivity index (χ2v) is 6.33. The molecule has 1 saturated carbocycles. The summed E-state index contributed by atoms with van der Waals surface area (Å²) in [5.41, 5.74) is 4.26. The molecule has 1 aromatic rings. The Morgan fingerprint density at radius 1 is 1.29 bits per heavy atom. The van der Waals surface area contributed by atoms with Crippen LogP contribution in [0.3, 0.4) is 0 Å². The predicted octanol–water partition coefficient (Wildman–Crippen LogP) is 1.34. The number of nitrogens with two attached hydrogens (primary N) is 1. The monoisotopic (exact) mass is 293 g/mol. The molecule has 0 aromatic carbocycles. The van der Waals surface area contributed by atoms with Gasteiger partial charge < -0.3 is 4.74 Å². The van der Waals surface area contributed by atoms with Crippen LogP contribution in [0, 0.1) is 0 Å². The molecule has 2 aliphatic rings. The average molecular weight is 293 g/mol. The number of hydrazine groups is 1. The van der Waals surface area contributed by atoms with E-state index in [1.54, 1.807) is 13.3 Å². The number of ether oxygens (including phenoxy) is 1. The number of aryl methyl sites for hydroxylation is 1. The van der Waals surface area contributed by atoms with Gasteiger partial charge in [0.05, 0.1) is 19.3 Å². The molecular weight excluding hydrogens is 266 g/mol. The smallest absolute Gasteiger partial charge is 0.161 e. The minimum Gasteiger partial charge on any atom is -0.493 e. The van der Waals surface area contributed by atoms with Gasteiger partial charge in [-0.1, -0.05) is 12.8 Å². The van der Waals surface area contributed by atoms with Crippen LogP contribution in [-0.4, -0.2) is 40.4 Å². The zero-order chi connectivity index (χ0) is 14.9. The Morgan fingerprint density at radius 2 is 1.95 bits per heavy atom. The van der Waals surface area contributed by atoms with Crippen molar-refractivity contribution in [2.75, 3.05) is 20.2 Å². The first-order valence-electron chi connectivity index (χ1n) is 8.00. The number of hydrogen-bond acceptors (Lipinski definition) is 5. The molecule has 1 aromatic heterocycles. The van der Waals surface area contributed by atoms with Crippen LogP contribution in [0.15, 0.2) is 6.20 Å². The van der Waals surface area contributed by atoms with Crippen molar-refractivity contribution < 1.29 is 4.74 Å². The molecule has 0 bridgehead atoms. The van der Waals surface area contributed by atoms with Gasteiger partial charge in [-0.2, -0.15) is 5.10 Å². The van der Waals surface area contributed by atoms with E-state index in [4.69, 9.17) is 10.6 Å². The van der Waals surface area contributed by atoms with Crippen LogP contribution in [0.1, 0.15) is 50.3 Å². The van der Waals surface area contributed by atoms with Gasteiger partial charge in [-0.25, -0.2) is 5.43 Å². The van der Waals surface area contributed by atoms with E-state index in [2.05, 4.69) is 15.4 Å². The summed E-state index contributed by atoms with van der Waals surface area (Å²) in [6, 6.07) is 0.0561. The lowest BCUT2D eigenvalue weighted by atomic mass is 9.84. The summed E-state index contributed by atoms with van der Waals surface area (Å²) in [6.45, 7) is 2.36. The van der Waals surface area contributed by atoms with Crippen LogP contribution < -0.4 is 16.0 Å². The molecule has 3 rings (SSSR count). The van der Waals surface area contributed by atoms with Crippen molar-refractivity contribution in [1.82, 2.24) is 20.1 Å². The van der Waals surface area contributed by atoms with Gasteiger partial charge in [-0.3, -0.25) is 15.4 Å². The van der Waals surface area contributed by atoms with E-state index in [9.17, 15) is 0 Å². The van der Waals surface area contributed by atoms with Gasteiger partial charge >= 0.3 is 0 Å². The van der Waals surface area contributed by atoms with Gasteiger partial charge in [0.25, 0.3) is 0 Å². The highest BCUT2D eigenvalue weighted by molar-refractivity contribution is 5.31. The van der Waals surface area contributed by atoms with Gasteiger partial charge in [0.2, 0.25) is 0 Å². The first-order chi connectivity index (χ1) is 10.2. The number of hydrogen-bond donors (Lipinski definition) is 2. The molecule has 2 fully saturated rings. The number of likely N-dealkylation sites (tertiary alicyclic amines) is 1.